The number of hydrogen-bond acceptors (Lipinski definition) is 14. The molecule has 5 fully saturated rings. The van der Waals surface area contributed by atoms with Gasteiger partial charge in [0.2, 0.25) is 0 Å². The minimum Gasteiger partial charge on any atom is -0.466 e. The van der Waals surface area contributed by atoms with Crippen LogP contribution in [0.5, 0.6) is 0 Å². The summed E-state index contributed by atoms with van der Waals surface area (Å²) in [6.45, 7) is 5.17. The van der Waals surface area contributed by atoms with Crippen LogP contribution < -0.4 is 0 Å². The summed E-state index contributed by atoms with van der Waals surface area (Å²) in [6.07, 6.45) is 0.620. The Morgan fingerprint density at radius 3 is 2.25 bits per heavy atom. The Morgan fingerprint density at radius 1 is 0.891 bits per heavy atom. The smallest absolute Gasteiger partial charge is 0.338 e. The molecule has 0 aromatic carbocycles. The van der Waals surface area contributed by atoms with Gasteiger partial charge in [-0.25, -0.2) is 14.4 Å². The number of aliphatic hydroxyl groups excluding tert-OH is 1. The maximum Gasteiger partial charge on any atom is 0.338 e. The van der Waals surface area contributed by atoms with E-state index in [-0.39, 0.29) is 58.3 Å². The molecule has 2 bridgehead atoms. The first kappa shape index (κ1) is 36.2. The molecular weight excluding hydrogens is 716 g/mol. The number of aliphatic hydroxyl groups is 2. The summed E-state index contributed by atoms with van der Waals surface area (Å²) in [7, 11) is 1.20. The standard InChI is InChI=1S/C41H44O14/c1-16(36(48)51-5)31-33-32-20(19-9-22(19)39(32,4)35(47)34(31)46)10-27-38(3)24-11-25(24)40(50)15-54-30(45)8-18(17(2)42)13-52-28(43)6-7-29(44)53-14-21-23(12-26(38)40)41(27,33)55-37(21)49/h8,19-20,22,24-27,35,47,50H,6-7,9-15H2,1-5H3/b18-8-,31-16-/t19-,20-,22-,24-,25+,26-,27+,35+,38+,39+,40+,41+/m1/s1. The Labute approximate surface area is 316 Å². The normalized spacial score (nSPS) is 45.9. The fourth-order valence-electron chi connectivity index (χ4n) is 12.8. The van der Waals surface area contributed by atoms with Gasteiger partial charge in [-0.3, -0.25) is 19.2 Å². The Balaban J connectivity index is 1.26. The monoisotopic (exact) mass is 760 g/mol. The minimum absolute atomic E-state index is 0.0116. The largest absolute Gasteiger partial charge is 0.466 e. The van der Waals surface area contributed by atoms with E-state index in [0.717, 1.165) is 18.1 Å². The van der Waals surface area contributed by atoms with E-state index in [2.05, 4.69) is 6.92 Å². The zero-order valence-corrected chi connectivity index (χ0v) is 31.4. The third-order valence-electron chi connectivity index (χ3n) is 15.4. The molecular formula is C41H44O14. The minimum atomic E-state index is -1.62. The van der Waals surface area contributed by atoms with Crippen molar-refractivity contribution in [1.82, 2.24) is 0 Å². The number of rotatable bonds is 2. The lowest BCUT2D eigenvalue weighted by Gasteiger charge is -2.62. The molecule has 0 amide bonds. The first-order valence-corrected chi connectivity index (χ1v) is 19.1. The number of esters is 5. The van der Waals surface area contributed by atoms with Gasteiger partial charge in [0.15, 0.2) is 17.2 Å². The van der Waals surface area contributed by atoms with Crippen molar-refractivity contribution >= 4 is 41.4 Å². The number of fused-ring (bicyclic) bond motifs is 7. The molecule has 9 rings (SSSR count). The Kier molecular flexibility index (Phi) is 7.61. The lowest BCUT2D eigenvalue weighted by molar-refractivity contribution is -0.178. The van der Waals surface area contributed by atoms with Gasteiger partial charge in [-0.05, 0) is 85.7 Å². The highest BCUT2D eigenvalue weighted by atomic mass is 16.6. The lowest BCUT2D eigenvalue weighted by atomic mass is 9.43. The molecule has 7 aliphatic carbocycles. The van der Waals surface area contributed by atoms with Crippen LogP contribution in [0.1, 0.15) is 66.2 Å². The van der Waals surface area contributed by atoms with Crippen LogP contribution in [0, 0.1) is 52.3 Å². The molecule has 2 N–H and O–H groups in total. The van der Waals surface area contributed by atoms with E-state index in [1.807, 2.05) is 6.92 Å². The van der Waals surface area contributed by atoms with Crippen LogP contribution >= 0.6 is 0 Å². The van der Waals surface area contributed by atoms with Crippen LogP contribution in [0.15, 0.2) is 45.1 Å². The van der Waals surface area contributed by atoms with Crippen molar-refractivity contribution in [2.24, 2.45) is 52.3 Å². The second kappa shape index (κ2) is 11.6. The molecule has 9 aliphatic rings. The first-order chi connectivity index (χ1) is 26.0. The van der Waals surface area contributed by atoms with Gasteiger partial charge >= 0.3 is 29.8 Å². The van der Waals surface area contributed by atoms with Gasteiger partial charge in [0.05, 0.1) is 25.5 Å². The zero-order chi connectivity index (χ0) is 39.3. The molecule has 0 saturated heterocycles. The van der Waals surface area contributed by atoms with Crippen molar-refractivity contribution in [2.75, 3.05) is 26.9 Å². The van der Waals surface area contributed by atoms with Crippen LogP contribution in [0.25, 0.3) is 0 Å². The predicted molar refractivity (Wildman–Crippen MR) is 184 cm³/mol. The third kappa shape index (κ3) is 4.52. The SMILES string of the molecule is COC(=O)/C(C)=C1\C(=O)[C@H](O)[C@]2(C)C3=C1[C@]14OC(=O)C5=C1C[C@H]1[C@](O)(COC(=O)/C=C(\C(C)=O)COC(=O)CCC(=O)OC5)[C@H]5C[C@H]5[C@]1(C)[C@@H]4C[C@@H]3[C@H]1C[C@H]12. The van der Waals surface area contributed by atoms with Gasteiger partial charge in [-0.2, -0.15) is 0 Å². The Hall–Kier alpha value is -4.43. The number of ether oxygens (including phenoxy) is 5. The van der Waals surface area contributed by atoms with Crippen LogP contribution in [-0.2, 0) is 57.2 Å². The molecule has 1 spiro atoms. The van der Waals surface area contributed by atoms with Gasteiger partial charge < -0.3 is 33.9 Å². The Bertz CT molecular complexity index is 2070. The van der Waals surface area contributed by atoms with Gasteiger partial charge in [0.1, 0.15) is 31.5 Å². The van der Waals surface area contributed by atoms with Gasteiger partial charge in [-0.15, -0.1) is 0 Å². The fraction of sp³-hybridized carbons (Fsp3) is 0.634. The van der Waals surface area contributed by atoms with Gasteiger partial charge in [-0.1, -0.05) is 13.8 Å². The van der Waals surface area contributed by atoms with E-state index in [9.17, 15) is 43.8 Å². The molecule has 0 aromatic rings. The highest BCUT2D eigenvalue weighted by molar-refractivity contribution is 6.12. The average molecular weight is 761 g/mol. The van der Waals surface area contributed by atoms with Crippen molar-refractivity contribution in [2.45, 2.75) is 83.5 Å². The summed E-state index contributed by atoms with van der Waals surface area (Å²) < 4.78 is 28.3. The highest BCUT2D eigenvalue weighted by Gasteiger charge is 2.83. The molecule has 2 aliphatic heterocycles. The zero-order valence-electron chi connectivity index (χ0n) is 31.4. The summed E-state index contributed by atoms with van der Waals surface area (Å²) >= 11 is 0. The maximum absolute atomic E-state index is 14.6. The second-order valence-corrected chi connectivity index (χ2v) is 17.5. The average Bonchev–Trinajstić information content (AvgIpc) is 4.06. The molecule has 12 atom stereocenters. The molecule has 0 aromatic heterocycles. The summed E-state index contributed by atoms with van der Waals surface area (Å²) in [5, 5.41) is 24.6. The van der Waals surface area contributed by atoms with Crippen molar-refractivity contribution in [3.63, 3.8) is 0 Å². The number of Topliss-reactive ketones (excluding diaryl/α,β-unsaturated/α-hetero) is 2. The molecule has 0 radical (unpaired) electrons. The molecule has 5 saturated carbocycles. The lowest BCUT2D eigenvalue weighted by Crippen LogP contribution is -2.64. The van der Waals surface area contributed by atoms with Gasteiger partial charge in [0, 0.05) is 45.6 Å². The quantitative estimate of drug-likeness (QED) is 0.235. The summed E-state index contributed by atoms with van der Waals surface area (Å²) in [6, 6.07) is 0. The maximum atomic E-state index is 14.6. The Morgan fingerprint density at radius 2 is 1.58 bits per heavy atom. The molecule has 14 nitrogen and oxygen atoms in total. The number of methoxy groups -OCH3 is 1. The van der Waals surface area contributed by atoms with E-state index in [1.165, 1.54) is 21.0 Å². The number of carbonyl (C=O) groups excluding carboxylic acids is 7. The van der Waals surface area contributed by atoms with E-state index in [0.29, 0.717) is 24.0 Å². The summed E-state index contributed by atoms with van der Waals surface area (Å²) in [5.41, 5.74) is -3.48. The molecule has 14 heteroatoms. The second-order valence-electron chi connectivity index (χ2n) is 17.5. The summed E-state index contributed by atoms with van der Waals surface area (Å²) in [5.74, 6) is -6.79. The highest BCUT2D eigenvalue weighted by Crippen LogP contribution is 2.83. The van der Waals surface area contributed by atoms with Crippen LogP contribution in [0.3, 0.4) is 0 Å². The molecule has 292 valence electrons. The molecule has 2 heterocycles. The number of hydrogen-bond donors (Lipinski definition) is 2. The number of cyclic esters (lactones) is 3. The fourth-order valence-corrected chi connectivity index (χ4v) is 12.8. The van der Waals surface area contributed by atoms with Crippen molar-refractivity contribution in [1.29, 1.82) is 0 Å². The van der Waals surface area contributed by atoms with Crippen LogP contribution in [0.2, 0.25) is 0 Å². The van der Waals surface area contributed by atoms with Crippen LogP contribution in [0.4, 0.5) is 0 Å². The van der Waals surface area contributed by atoms with E-state index in [1.54, 1.807) is 0 Å². The predicted octanol–water partition coefficient (Wildman–Crippen LogP) is 1.95. The molecule has 0 unspecified atom stereocenters. The van der Waals surface area contributed by atoms with E-state index >= 15 is 0 Å². The van der Waals surface area contributed by atoms with Crippen molar-refractivity contribution in [3.8, 4) is 0 Å². The number of carbonyl (C=O) groups is 7. The third-order valence-corrected chi connectivity index (χ3v) is 15.4. The topological polar surface area (TPSA) is 206 Å². The number of ketones is 2. The van der Waals surface area contributed by atoms with Crippen LogP contribution in [-0.4, -0.2) is 95.9 Å². The molecule has 55 heavy (non-hydrogen) atoms. The van der Waals surface area contributed by atoms with Crippen molar-refractivity contribution < 1.29 is 67.5 Å². The van der Waals surface area contributed by atoms with E-state index < -0.39 is 114 Å². The first-order valence-electron chi connectivity index (χ1n) is 19.1. The summed E-state index contributed by atoms with van der Waals surface area (Å²) in [4.78, 5) is 93.4. The van der Waals surface area contributed by atoms with Gasteiger partial charge in [0.25, 0.3) is 0 Å². The van der Waals surface area contributed by atoms with E-state index in [4.69, 9.17) is 23.7 Å². The van der Waals surface area contributed by atoms with Crippen molar-refractivity contribution in [3.05, 3.63) is 45.1 Å².